The maximum absolute atomic E-state index is 10.6. The molecule has 0 amide bonds. The third-order valence-corrected chi connectivity index (χ3v) is 2.56. The summed E-state index contributed by atoms with van der Waals surface area (Å²) in [5.74, 6) is -1.11. The Hall–Kier alpha value is -1.32. The van der Waals surface area contributed by atoms with E-state index < -0.39 is 5.97 Å². The standard InChI is InChI=1S/C10H14N2O2/c1-7(10(13)14)4-8-5-12(6-11-8)9-2-3-9/h5-7,9H,2-4H2,1H3,(H,13,14). The molecule has 0 aliphatic heterocycles. The van der Waals surface area contributed by atoms with Gasteiger partial charge in [-0.25, -0.2) is 4.98 Å². The molecule has 1 saturated carbocycles. The van der Waals surface area contributed by atoms with E-state index in [0.717, 1.165) is 5.69 Å². The van der Waals surface area contributed by atoms with Crippen molar-refractivity contribution in [1.29, 1.82) is 0 Å². The molecule has 4 nitrogen and oxygen atoms in total. The van der Waals surface area contributed by atoms with Gasteiger partial charge in [0.1, 0.15) is 0 Å². The first kappa shape index (κ1) is 9.24. The first-order chi connectivity index (χ1) is 6.66. The molecule has 1 atom stereocenters. The van der Waals surface area contributed by atoms with Gasteiger partial charge in [0.2, 0.25) is 0 Å². The van der Waals surface area contributed by atoms with Crippen molar-refractivity contribution in [1.82, 2.24) is 9.55 Å². The number of rotatable bonds is 4. The van der Waals surface area contributed by atoms with Crippen LogP contribution in [0.4, 0.5) is 0 Å². The molecule has 14 heavy (non-hydrogen) atoms. The summed E-state index contributed by atoms with van der Waals surface area (Å²) < 4.78 is 2.09. The van der Waals surface area contributed by atoms with Gasteiger partial charge in [-0.1, -0.05) is 6.92 Å². The number of carboxylic acid groups (broad SMARTS) is 1. The van der Waals surface area contributed by atoms with Crippen LogP contribution in [-0.2, 0) is 11.2 Å². The minimum absolute atomic E-state index is 0.349. The van der Waals surface area contributed by atoms with Gasteiger partial charge in [-0.2, -0.15) is 0 Å². The van der Waals surface area contributed by atoms with E-state index in [1.807, 2.05) is 12.5 Å². The highest BCUT2D eigenvalue weighted by atomic mass is 16.4. The van der Waals surface area contributed by atoms with Crippen molar-refractivity contribution < 1.29 is 9.90 Å². The zero-order valence-corrected chi connectivity index (χ0v) is 8.18. The van der Waals surface area contributed by atoms with E-state index in [2.05, 4.69) is 9.55 Å². The molecule has 1 unspecified atom stereocenters. The van der Waals surface area contributed by atoms with Crippen molar-refractivity contribution in [2.45, 2.75) is 32.2 Å². The smallest absolute Gasteiger partial charge is 0.306 e. The Morgan fingerprint density at radius 1 is 1.79 bits per heavy atom. The zero-order chi connectivity index (χ0) is 10.1. The molecule has 1 heterocycles. The summed E-state index contributed by atoms with van der Waals surface area (Å²) in [6.45, 7) is 1.71. The SMILES string of the molecule is CC(Cc1cn(C2CC2)cn1)C(=O)O. The number of aromatic nitrogens is 2. The summed E-state index contributed by atoms with van der Waals surface area (Å²) in [6, 6.07) is 0.622. The second-order valence-corrected chi connectivity index (χ2v) is 3.99. The molecule has 0 aromatic carbocycles. The highest BCUT2D eigenvalue weighted by Gasteiger charge is 2.23. The normalized spacial score (nSPS) is 18.1. The van der Waals surface area contributed by atoms with Crippen LogP contribution in [0, 0.1) is 5.92 Å². The molecule has 1 N–H and O–H groups in total. The Morgan fingerprint density at radius 2 is 2.50 bits per heavy atom. The minimum atomic E-state index is -0.758. The molecule has 0 radical (unpaired) electrons. The first-order valence-corrected chi connectivity index (χ1v) is 4.92. The molecule has 1 aliphatic carbocycles. The van der Waals surface area contributed by atoms with Crippen molar-refractivity contribution in [3.05, 3.63) is 18.2 Å². The van der Waals surface area contributed by atoms with Crippen LogP contribution in [0.2, 0.25) is 0 Å². The van der Waals surface area contributed by atoms with Crippen molar-refractivity contribution in [2.75, 3.05) is 0 Å². The minimum Gasteiger partial charge on any atom is -0.481 e. The van der Waals surface area contributed by atoms with Crippen LogP contribution in [0.1, 0.15) is 31.5 Å². The monoisotopic (exact) mass is 194 g/mol. The van der Waals surface area contributed by atoms with Gasteiger partial charge in [0.05, 0.1) is 17.9 Å². The average molecular weight is 194 g/mol. The molecule has 1 aromatic rings. The fraction of sp³-hybridized carbons (Fsp3) is 0.600. The Balaban J connectivity index is 1.98. The zero-order valence-electron chi connectivity index (χ0n) is 8.18. The van der Waals surface area contributed by atoms with Gasteiger partial charge < -0.3 is 9.67 Å². The summed E-state index contributed by atoms with van der Waals surface area (Å²) in [6.07, 6.45) is 6.75. The topological polar surface area (TPSA) is 55.1 Å². The average Bonchev–Trinajstić information content (AvgIpc) is 2.88. The number of carboxylic acids is 1. The van der Waals surface area contributed by atoms with Gasteiger partial charge in [0, 0.05) is 18.7 Å². The van der Waals surface area contributed by atoms with Gasteiger partial charge in [0.25, 0.3) is 0 Å². The molecule has 2 rings (SSSR count). The summed E-state index contributed by atoms with van der Waals surface area (Å²) in [7, 11) is 0. The quantitative estimate of drug-likeness (QED) is 0.789. The number of hydrogen-bond acceptors (Lipinski definition) is 2. The van der Waals surface area contributed by atoms with Crippen LogP contribution < -0.4 is 0 Å². The maximum atomic E-state index is 10.6. The van der Waals surface area contributed by atoms with Gasteiger partial charge in [-0.3, -0.25) is 4.79 Å². The predicted molar refractivity (Wildman–Crippen MR) is 51.0 cm³/mol. The Morgan fingerprint density at radius 3 is 3.07 bits per heavy atom. The maximum Gasteiger partial charge on any atom is 0.306 e. The van der Waals surface area contributed by atoms with E-state index in [9.17, 15) is 4.79 Å². The summed E-state index contributed by atoms with van der Waals surface area (Å²) in [4.78, 5) is 14.8. The molecular weight excluding hydrogens is 180 g/mol. The number of hydrogen-bond donors (Lipinski definition) is 1. The van der Waals surface area contributed by atoms with Crippen LogP contribution in [-0.4, -0.2) is 20.6 Å². The molecular formula is C10H14N2O2. The Kier molecular flexibility index (Phi) is 2.27. The first-order valence-electron chi connectivity index (χ1n) is 4.92. The van der Waals surface area contributed by atoms with Crippen molar-refractivity contribution in [2.24, 2.45) is 5.92 Å². The van der Waals surface area contributed by atoms with Gasteiger partial charge in [-0.05, 0) is 12.8 Å². The largest absolute Gasteiger partial charge is 0.481 e. The fourth-order valence-corrected chi connectivity index (χ4v) is 1.46. The predicted octanol–water partition coefficient (Wildman–Crippen LogP) is 1.48. The summed E-state index contributed by atoms with van der Waals surface area (Å²) in [5, 5.41) is 8.74. The van der Waals surface area contributed by atoms with E-state index >= 15 is 0 Å². The third-order valence-electron chi connectivity index (χ3n) is 2.56. The van der Waals surface area contributed by atoms with E-state index in [-0.39, 0.29) is 5.92 Å². The van der Waals surface area contributed by atoms with Crippen LogP contribution in [0.25, 0.3) is 0 Å². The van der Waals surface area contributed by atoms with E-state index in [1.54, 1.807) is 6.92 Å². The van der Waals surface area contributed by atoms with Gasteiger partial charge in [-0.15, -0.1) is 0 Å². The van der Waals surface area contributed by atoms with Crippen LogP contribution in [0.15, 0.2) is 12.5 Å². The fourth-order valence-electron chi connectivity index (χ4n) is 1.46. The van der Waals surface area contributed by atoms with Crippen molar-refractivity contribution >= 4 is 5.97 Å². The van der Waals surface area contributed by atoms with E-state index in [0.29, 0.717) is 12.5 Å². The Bertz CT molecular complexity index is 342. The van der Waals surface area contributed by atoms with Crippen molar-refractivity contribution in [3.8, 4) is 0 Å². The highest BCUT2D eigenvalue weighted by Crippen LogP contribution is 2.34. The third kappa shape index (κ3) is 1.95. The highest BCUT2D eigenvalue weighted by molar-refractivity contribution is 5.69. The molecule has 1 aromatic heterocycles. The van der Waals surface area contributed by atoms with E-state index in [4.69, 9.17) is 5.11 Å². The lowest BCUT2D eigenvalue weighted by Crippen LogP contribution is -2.12. The molecule has 0 spiro atoms. The Labute approximate surface area is 82.6 Å². The lowest BCUT2D eigenvalue weighted by molar-refractivity contribution is -0.141. The van der Waals surface area contributed by atoms with Gasteiger partial charge >= 0.3 is 5.97 Å². The molecule has 0 saturated heterocycles. The number of carbonyl (C=O) groups is 1. The van der Waals surface area contributed by atoms with Gasteiger partial charge in [0.15, 0.2) is 0 Å². The molecule has 0 bridgehead atoms. The molecule has 4 heteroatoms. The summed E-state index contributed by atoms with van der Waals surface area (Å²) >= 11 is 0. The lowest BCUT2D eigenvalue weighted by atomic mass is 10.1. The molecule has 1 aliphatic rings. The van der Waals surface area contributed by atoms with Crippen LogP contribution in [0.3, 0.4) is 0 Å². The van der Waals surface area contributed by atoms with Crippen LogP contribution in [0.5, 0.6) is 0 Å². The number of aliphatic carboxylic acids is 1. The molecule has 76 valence electrons. The van der Waals surface area contributed by atoms with Crippen LogP contribution >= 0.6 is 0 Å². The second-order valence-electron chi connectivity index (χ2n) is 3.99. The van der Waals surface area contributed by atoms with E-state index in [1.165, 1.54) is 12.8 Å². The lowest BCUT2D eigenvalue weighted by Gasteiger charge is -2.01. The summed E-state index contributed by atoms with van der Waals surface area (Å²) in [5.41, 5.74) is 0.881. The molecule has 1 fully saturated rings. The second kappa shape index (κ2) is 3.44. The number of nitrogens with zero attached hydrogens (tertiary/aromatic N) is 2. The van der Waals surface area contributed by atoms with Crippen molar-refractivity contribution in [3.63, 3.8) is 0 Å². The number of imidazole rings is 1.